The molecule has 1 heterocycles. The molecular formula is C13H14BrClN4. The molecule has 0 aliphatic heterocycles. The molecule has 0 spiro atoms. The SMILES string of the molecule is CCc1nc(NC)cc(Nc2cc(Cl)ccc2Br)n1. The van der Waals surface area contributed by atoms with E-state index in [9.17, 15) is 0 Å². The third kappa shape index (κ3) is 3.58. The van der Waals surface area contributed by atoms with Crippen LogP contribution in [0.25, 0.3) is 0 Å². The van der Waals surface area contributed by atoms with Gasteiger partial charge in [-0.25, -0.2) is 9.97 Å². The molecule has 0 aliphatic rings. The fraction of sp³-hybridized carbons (Fsp3) is 0.231. The van der Waals surface area contributed by atoms with Gasteiger partial charge in [-0.3, -0.25) is 0 Å². The number of halogens is 2. The molecule has 2 rings (SSSR count). The Hall–Kier alpha value is -1.33. The molecule has 0 radical (unpaired) electrons. The number of aryl methyl sites for hydroxylation is 1. The van der Waals surface area contributed by atoms with Gasteiger partial charge in [-0.15, -0.1) is 0 Å². The van der Waals surface area contributed by atoms with Crippen molar-refractivity contribution >= 4 is 44.9 Å². The minimum absolute atomic E-state index is 0.671. The monoisotopic (exact) mass is 340 g/mol. The Balaban J connectivity index is 2.34. The van der Waals surface area contributed by atoms with Crippen LogP contribution in [-0.2, 0) is 6.42 Å². The zero-order chi connectivity index (χ0) is 13.8. The lowest BCUT2D eigenvalue weighted by atomic mass is 10.3. The van der Waals surface area contributed by atoms with Crippen LogP contribution in [0.3, 0.4) is 0 Å². The maximum absolute atomic E-state index is 5.99. The standard InChI is InChI=1S/C13H14BrClN4/c1-3-11-18-12(16-2)7-13(19-11)17-10-6-8(15)4-5-9(10)14/h4-7H,3H2,1-2H3,(H2,16,17,18,19). The summed E-state index contributed by atoms with van der Waals surface area (Å²) in [5, 5.41) is 6.94. The number of aromatic nitrogens is 2. The number of nitrogens with zero attached hydrogens (tertiary/aromatic N) is 2. The van der Waals surface area contributed by atoms with Gasteiger partial charge in [0.15, 0.2) is 0 Å². The highest BCUT2D eigenvalue weighted by Crippen LogP contribution is 2.28. The predicted octanol–water partition coefficient (Wildman–Crippen LogP) is 4.24. The zero-order valence-corrected chi connectivity index (χ0v) is 13.0. The second-order valence-corrected chi connectivity index (χ2v) is 5.20. The van der Waals surface area contributed by atoms with E-state index < -0.39 is 0 Å². The summed E-state index contributed by atoms with van der Waals surface area (Å²) in [4.78, 5) is 8.79. The zero-order valence-electron chi connectivity index (χ0n) is 10.7. The Morgan fingerprint density at radius 3 is 2.63 bits per heavy atom. The van der Waals surface area contributed by atoms with E-state index in [1.807, 2.05) is 38.2 Å². The van der Waals surface area contributed by atoms with Gasteiger partial charge in [-0.2, -0.15) is 0 Å². The lowest BCUT2D eigenvalue weighted by molar-refractivity contribution is 0.944. The van der Waals surface area contributed by atoms with Crippen molar-refractivity contribution < 1.29 is 0 Å². The fourth-order valence-electron chi connectivity index (χ4n) is 1.58. The molecule has 0 bridgehead atoms. The molecule has 0 aliphatic carbocycles. The van der Waals surface area contributed by atoms with Crippen molar-refractivity contribution in [1.82, 2.24) is 9.97 Å². The van der Waals surface area contributed by atoms with E-state index in [2.05, 4.69) is 36.5 Å². The Bertz CT molecular complexity index is 567. The van der Waals surface area contributed by atoms with Crippen LogP contribution in [0.2, 0.25) is 5.02 Å². The third-order valence-corrected chi connectivity index (χ3v) is 3.46. The van der Waals surface area contributed by atoms with Crippen molar-refractivity contribution in [3.8, 4) is 0 Å². The first-order chi connectivity index (χ1) is 9.12. The average Bonchev–Trinajstić information content (AvgIpc) is 2.42. The number of benzene rings is 1. The minimum atomic E-state index is 0.671. The quantitative estimate of drug-likeness (QED) is 0.873. The van der Waals surface area contributed by atoms with E-state index in [1.54, 1.807) is 0 Å². The van der Waals surface area contributed by atoms with E-state index >= 15 is 0 Å². The van der Waals surface area contributed by atoms with Crippen LogP contribution in [0, 0.1) is 0 Å². The van der Waals surface area contributed by atoms with Crippen molar-refractivity contribution in [2.24, 2.45) is 0 Å². The first-order valence-electron chi connectivity index (χ1n) is 5.90. The van der Waals surface area contributed by atoms with Crippen LogP contribution in [0.4, 0.5) is 17.3 Å². The molecule has 0 unspecified atom stereocenters. The molecule has 4 nitrogen and oxygen atoms in total. The third-order valence-electron chi connectivity index (χ3n) is 2.54. The summed E-state index contributed by atoms with van der Waals surface area (Å²) in [6.07, 6.45) is 0.779. The van der Waals surface area contributed by atoms with Gasteiger partial charge in [0.25, 0.3) is 0 Å². The van der Waals surface area contributed by atoms with Crippen LogP contribution in [0.15, 0.2) is 28.7 Å². The smallest absolute Gasteiger partial charge is 0.136 e. The normalized spacial score (nSPS) is 10.3. The van der Waals surface area contributed by atoms with Gasteiger partial charge in [0, 0.05) is 29.0 Å². The highest BCUT2D eigenvalue weighted by molar-refractivity contribution is 9.10. The van der Waals surface area contributed by atoms with E-state index in [0.29, 0.717) is 5.02 Å². The average molecular weight is 342 g/mol. The highest BCUT2D eigenvalue weighted by atomic mass is 79.9. The molecule has 1 aromatic heterocycles. The maximum Gasteiger partial charge on any atom is 0.136 e. The van der Waals surface area contributed by atoms with Crippen molar-refractivity contribution in [3.63, 3.8) is 0 Å². The van der Waals surface area contributed by atoms with E-state index in [-0.39, 0.29) is 0 Å². The van der Waals surface area contributed by atoms with Crippen LogP contribution >= 0.6 is 27.5 Å². The highest BCUT2D eigenvalue weighted by Gasteiger charge is 2.06. The second kappa shape index (κ2) is 6.21. The summed E-state index contributed by atoms with van der Waals surface area (Å²) < 4.78 is 0.930. The maximum atomic E-state index is 5.99. The topological polar surface area (TPSA) is 49.8 Å². The fourth-order valence-corrected chi connectivity index (χ4v) is 2.10. The molecule has 2 N–H and O–H groups in total. The lowest BCUT2D eigenvalue weighted by Gasteiger charge is -2.11. The van der Waals surface area contributed by atoms with Crippen molar-refractivity contribution in [3.05, 3.63) is 39.6 Å². The summed E-state index contributed by atoms with van der Waals surface area (Å²) in [7, 11) is 1.83. The predicted molar refractivity (Wildman–Crippen MR) is 83.4 cm³/mol. The van der Waals surface area contributed by atoms with Gasteiger partial charge in [-0.1, -0.05) is 18.5 Å². The summed E-state index contributed by atoms with van der Waals surface area (Å²) in [5.41, 5.74) is 0.871. The van der Waals surface area contributed by atoms with Crippen LogP contribution < -0.4 is 10.6 Å². The number of hydrogen-bond acceptors (Lipinski definition) is 4. The molecule has 0 fully saturated rings. The molecule has 0 saturated heterocycles. The minimum Gasteiger partial charge on any atom is -0.373 e. The van der Waals surface area contributed by atoms with E-state index in [1.165, 1.54) is 0 Å². The molecular weight excluding hydrogens is 328 g/mol. The second-order valence-electron chi connectivity index (χ2n) is 3.91. The first-order valence-corrected chi connectivity index (χ1v) is 7.07. The first kappa shape index (κ1) is 14.1. The molecule has 19 heavy (non-hydrogen) atoms. The van der Waals surface area contributed by atoms with Gasteiger partial charge < -0.3 is 10.6 Å². The van der Waals surface area contributed by atoms with Crippen LogP contribution in [-0.4, -0.2) is 17.0 Å². The number of anilines is 3. The van der Waals surface area contributed by atoms with Gasteiger partial charge in [0.2, 0.25) is 0 Å². The molecule has 2 aromatic rings. The van der Waals surface area contributed by atoms with E-state index in [0.717, 1.165) is 34.0 Å². The largest absolute Gasteiger partial charge is 0.373 e. The van der Waals surface area contributed by atoms with Crippen molar-refractivity contribution in [2.45, 2.75) is 13.3 Å². The molecule has 6 heteroatoms. The molecule has 0 atom stereocenters. The Kier molecular flexibility index (Phi) is 4.61. The Labute approximate surface area is 125 Å². The Morgan fingerprint density at radius 1 is 1.21 bits per heavy atom. The number of nitrogens with one attached hydrogen (secondary N) is 2. The Morgan fingerprint density at radius 2 is 1.95 bits per heavy atom. The summed E-state index contributed by atoms with van der Waals surface area (Å²) in [5.74, 6) is 2.30. The molecule has 1 aromatic carbocycles. The van der Waals surface area contributed by atoms with Crippen molar-refractivity contribution in [1.29, 1.82) is 0 Å². The van der Waals surface area contributed by atoms with Crippen LogP contribution in [0.5, 0.6) is 0 Å². The molecule has 0 amide bonds. The van der Waals surface area contributed by atoms with Gasteiger partial charge in [0.1, 0.15) is 17.5 Å². The van der Waals surface area contributed by atoms with Gasteiger partial charge in [-0.05, 0) is 34.1 Å². The van der Waals surface area contributed by atoms with E-state index in [4.69, 9.17) is 11.6 Å². The number of rotatable bonds is 4. The summed E-state index contributed by atoms with van der Waals surface area (Å²) in [6.45, 7) is 2.02. The summed E-state index contributed by atoms with van der Waals surface area (Å²) >= 11 is 9.47. The van der Waals surface area contributed by atoms with Crippen molar-refractivity contribution in [2.75, 3.05) is 17.7 Å². The molecule has 100 valence electrons. The number of hydrogen-bond donors (Lipinski definition) is 2. The summed E-state index contributed by atoms with van der Waals surface area (Å²) in [6, 6.07) is 7.42. The lowest BCUT2D eigenvalue weighted by Crippen LogP contribution is -2.03. The van der Waals surface area contributed by atoms with Gasteiger partial charge in [0.05, 0.1) is 5.69 Å². The van der Waals surface area contributed by atoms with Crippen LogP contribution in [0.1, 0.15) is 12.7 Å². The molecule has 0 saturated carbocycles. The van der Waals surface area contributed by atoms with Gasteiger partial charge >= 0.3 is 0 Å².